The van der Waals surface area contributed by atoms with Crippen molar-refractivity contribution in [2.24, 2.45) is 7.05 Å². The molecule has 0 atom stereocenters. The van der Waals surface area contributed by atoms with Crippen LogP contribution in [0.4, 0.5) is 0 Å². The molecule has 72 valence electrons. The summed E-state index contributed by atoms with van der Waals surface area (Å²) < 4.78 is 6.83. The zero-order chi connectivity index (χ0) is 10.1. The summed E-state index contributed by atoms with van der Waals surface area (Å²) in [5.41, 5.74) is -0.119. The number of esters is 1. The van der Waals surface area contributed by atoms with Gasteiger partial charge in [-0.25, -0.2) is 9.78 Å². The summed E-state index contributed by atoms with van der Waals surface area (Å²) in [7, 11) is 1.81. The van der Waals surface area contributed by atoms with Crippen molar-refractivity contribution in [2.45, 2.75) is 26.4 Å². The van der Waals surface area contributed by atoms with Gasteiger partial charge in [0.15, 0.2) is 5.69 Å². The molecule has 1 heterocycles. The Kier molecular flexibility index (Phi) is 2.40. The van der Waals surface area contributed by atoms with E-state index in [4.69, 9.17) is 4.74 Å². The zero-order valence-corrected chi connectivity index (χ0v) is 8.37. The smallest absolute Gasteiger partial charge is 0.359 e. The lowest BCUT2D eigenvalue weighted by molar-refractivity contribution is 0.00633. The molecular formula is C9H14N2O2. The predicted molar refractivity (Wildman–Crippen MR) is 48.4 cm³/mol. The summed E-state index contributed by atoms with van der Waals surface area (Å²) in [5, 5.41) is 0. The van der Waals surface area contributed by atoms with Crippen LogP contribution >= 0.6 is 0 Å². The van der Waals surface area contributed by atoms with Gasteiger partial charge in [-0.15, -0.1) is 0 Å². The van der Waals surface area contributed by atoms with E-state index >= 15 is 0 Å². The van der Waals surface area contributed by atoms with Crippen LogP contribution in [0.1, 0.15) is 31.3 Å². The van der Waals surface area contributed by atoms with Gasteiger partial charge in [-0.3, -0.25) is 0 Å². The molecule has 0 saturated heterocycles. The number of ether oxygens (including phenoxy) is 1. The molecule has 0 aliphatic rings. The third kappa shape index (κ3) is 2.89. The lowest BCUT2D eigenvalue weighted by atomic mass is 10.2. The van der Waals surface area contributed by atoms with E-state index in [0.29, 0.717) is 5.69 Å². The summed E-state index contributed by atoms with van der Waals surface area (Å²) in [6, 6.07) is 0. The van der Waals surface area contributed by atoms with Gasteiger partial charge in [0.1, 0.15) is 5.60 Å². The molecule has 1 aromatic rings. The van der Waals surface area contributed by atoms with Crippen LogP contribution in [0.2, 0.25) is 0 Å². The van der Waals surface area contributed by atoms with Gasteiger partial charge >= 0.3 is 5.97 Å². The number of aromatic nitrogens is 2. The fourth-order valence-electron chi connectivity index (χ4n) is 0.849. The molecule has 0 aliphatic carbocycles. The van der Waals surface area contributed by atoms with Crippen LogP contribution in [-0.2, 0) is 11.8 Å². The summed E-state index contributed by atoms with van der Waals surface area (Å²) in [6.07, 6.45) is 3.20. The third-order valence-corrected chi connectivity index (χ3v) is 1.31. The van der Waals surface area contributed by atoms with E-state index in [9.17, 15) is 4.79 Å². The van der Waals surface area contributed by atoms with Gasteiger partial charge in [-0.1, -0.05) is 0 Å². The summed E-state index contributed by atoms with van der Waals surface area (Å²) in [5.74, 6) is -0.381. The summed E-state index contributed by atoms with van der Waals surface area (Å²) in [6.45, 7) is 5.48. The highest BCUT2D eigenvalue weighted by atomic mass is 16.6. The van der Waals surface area contributed by atoms with Gasteiger partial charge in [-0.05, 0) is 20.8 Å². The summed E-state index contributed by atoms with van der Waals surface area (Å²) >= 11 is 0. The van der Waals surface area contributed by atoms with Gasteiger partial charge in [0.05, 0.1) is 6.33 Å². The first-order valence-corrected chi connectivity index (χ1v) is 4.10. The van der Waals surface area contributed by atoms with E-state index in [-0.39, 0.29) is 5.97 Å². The number of imidazole rings is 1. The largest absolute Gasteiger partial charge is 0.455 e. The van der Waals surface area contributed by atoms with Crippen molar-refractivity contribution in [2.75, 3.05) is 0 Å². The van der Waals surface area contributed by atoms with E-state index in [1.807, 2.05) is 20.8 Å². The fraction of sp³-hybridized carbons (Fsp3) is 0.556. The zero-order valence-electron chi connectivity index (χ0n) is 8.37. The Morgan fingerprint density at radius 1 is 1.54 bits per heavy atom. The Hall–Kier alpha value is -1.32. The first-order chi connectivity index (χ1) is 5.88. The number of aryl methyl sites for hydroxylation is 1. The average Bonchev–Trinajstić information content (AvgIpc) is 2.31. The van der Waals surface area contributed by atoms with Crippen LogP contribution < -0.4 is 0 Å². The van der Waals surface area contributed by atoms with Crippen molar-refractivity contribution >= 4 is 5.97 Å². The van der Waals surface area contributed by atoms with Crippen LogP contribution in [-0.4, -0.2) is 21.1 Å². The average molecular weight is 182 g/mol. The van der Waals surface area contributed by atoms with Crippen molar-refractivity contribution in [3.8, 4) is 0 Å². The van der Waals surface area contributed by atoms with Gasteiger partial charge in [0.25, 0.3) is 0 Å². The molecule has 0 fully saturated rings. The monoisotopic (exact) mass is 182 g/mol. The number of carbonyl (C=O) groups excluding carboxylic acids is 1. The van der Waals surface area contributed by atoms with Crippen LogP contribution in [0, 0.1) is 0 Å². The standard InChI is InChI=1S/C9H14N2O2/c1-9(2,3)13-8(12)7-5-11(4)6-10-7/h5-6H,1-4H3. The minimum atomic E-state index is -0.464. The Bertz CT molecular complexity index is 310. The predicted octanol–water partition coefficient (Wildman–Crippen LogP) is 1.38. The second kappa shape index (κ2) is 3.20. The number of rotatable bonds is 1. The van der Waals surface area contributed by atoms with Gasteiger partial charge < -0.3 is 9.30 Å². The van der Waals surface area contributed by atoms with E-state index in [1.54, 1.807) is 24.1 Å². The van der Waals surface area contributed by atoms with Gasteiger partial charge in [-0.2, -0.15) is 0 Å². The molecule has 1 rings (SSSR count). The molecule has 0 radical (unpaired) electrons. The van der Waals surface area contributed by atoms with Crippen LogP contribution in [0.15, 0.2) is 12.5 Å². The SMILES string of the molecule is Cn1cnc(C(=O)OC(C)(C)C)c1. The number of hydrogen-bond donors (Lipinski definition) is 0. The Labute approximate surface area is 77.5 Å². The topological polar surface area (TPSA) is 44.1 Å². The van der Waals surface area contributed by atoms with E-state index < -0.39 is 5.60 Å². The van der Waals surface area contributed by atoms with E-state index in [2.05, 4.69) is 4.98 Å². The van der Waals surface area contributed by atoms with Crippen LogP contribution in [0.3, 0.4) is 0 Å². The molecule has 0 amide bonds. The molecule has 0 saturated carbocycles. The van der Waals surface area contributed by atoms with E-state index in [1.165, 1.54) is 0 Å². The lowest BCUT2D eigenvalue weighted by Gasteiger charge is -2.18. The summed E-state index contributed by atoms with van der Waals surface area (Å²) in [4.78, 5) is 15.3. The van der Waals surface area contributed by atoms with Crippen molar-refractivity contribution < 1.29 is 9.53 Å². The minimum Gasteiger partial charge on any atom is -0.455 e. The minimum absolute atomic E-state index is 0.345. The molecule has 0 bridgehead atoms. The highest BCUT2D eigenvalue weighted by Gasteiger charge is 2.19. The first-order valence-electron chi connectivity index (χ1n) is 4.10. The molecule has 13 heavy (non-hydrogen) atoms. The fourth-order valence-corrected chi connectivity index (χ4v) is 0.849. The maximum atomic E-state index is 11.4. The van der Waals surface area contributed by atoms with Gasteiger partial charge in [0, 0.05) is 13.2 Å². The molecule has 0 N–H and O–H groups in total. The third-order valence-electron chi connectivity index (χ3n) is 1.31. The maximum absolute atomic E-state index is 11.4. The van der Waals surface area contributed by atoms with Gasteiger partial charge in [0.2, 0.25) is 0 Å². The maximum Gasteiger partial charge on any atom is 0.359 e. The first kappa shape index (κ1) is 9.77. The molecular weight excluding hydrogens is 168 g/mol. The van der Waals surface area contributed by atoms with Crippen LogP contribution in [0.25, 0.3) is 0 Å². The quantitative estimate of drug-likeness (QED) is 0.616. The molecule has 0 spiro atoms. The molecule has 1 aromatic heterocycles. The van der Waals surface area contributed by atoms with Crippen molar-refractivity contribution in [1.82, 2.24) is 9.55 Å². The van der Waals surface area contributed by atoms with Crippen LogP contribution in [0.5, 0.6) is 0 Å². The molecule has 4 heteroatoms. The van der Waals surface area contributed by atoms with Crippen molar-refractivity contribution in [3.63, 3.8) is 0 Å². The molecule has 0 unspecified atom stereocenters. The van der Waals surface area contributed by atoms with E-state index in [0.717, 1.165) is 0 Å². The van der Waals surface area contributed by atoms with Crippen molar-refractivity contribution in [1.29, 1.82) is 0 Å². The number of nitrogens with zero attached hydrogens (tertiary/aromatic N) is 2. The highest BCUT2D eigenvalue weighted by molar-refractivity contribution is 5.87. The highest BCUT2D eigenvalue weighted by Crippen LogP contribution is 2.10. The molecule has 4 nitrogen and oxygen atoms in total. The Morgan fingerprint density at radius 3 is 2.54 bits per heavy atom. The molecule has 0 aliphatic heterocycles. The Morgan fingerprint density at radius 2 is 2.15 bits per heavy atom. The lowest BCUT2D eigenvalue weighted by Crippen LogP contribution is -2.24. The number of carbonyl (C=O) groups is 1. The normalized spacial score (nSPS) is 11.4. The number of hydrogen-bond acceptors (Lipinski definition) is 3. The second-order valence-corrected chi connectivity index (χ2v) is 3.93. The second-order valence-electron chi connectivity index (χ2n) is 3.93. The Balaban J connectivity index is 2.70. The molecule has 0 aromatic carbocycles. The van der Waals surface area contributed by atoms with Crippen molar-refractivity contribution in [3.05, 3.63) is 18.2 Å².